The number of carbonyl (C=O) groups excluding carboxylic acids is 2. The van der Waals surface area contributed by atoms with E-state index < -0.39 is 11.9 Å². The summed E-state index contributed by atoms with van der Waals surface area (Å²) in [6.07, 6.45) is 0.519. The van der Waals surface area contributed by atoms with Crippen molar-refractivity contribution in [1.29, 1.82) is 0 Å². The molecule has 0 fully saturated rings. The lowest BCUT2D eigenvalue weighted by atomic mass is 10.2. The smallest absolute Gasteiger partial charge is 0.336 e. The largest absolute Gasteiger partial charge is 0.463 e. The molecular formula is C11H16O4. The molecule has 4 heteroatoms. The van der Waals surface area contributed by atoms with Gasteiger partial charge in [0.05, 0.1) is 12.2 Å². The molecule has 84 valence electrons. The highest BCUT2D eigenvalue weighted by Gasteiger charge is 2.11. The van der Waals surface area contributed by atoms with Crippen molar-refractivity contribution >= 4 is 11.9 Å². The van der Waals surface area contributed by atoms with Crippen molar-refractivity contribution in [2.45, 2.75) is 20.3 Å². The van der Waals surface area contributed by atoms with Crippen molar-refractivity contribution in [3.05, 3.63) is 24.3 Å². The van der Waals surface area contributed by atoms with Crippen LogP contribution in [0, 0.1) is 0 Å². The van der Waals surface area contributed by atoms with E-state index in [1.54, 1.807) is 13.8 Å². The summed E-state index contributed by atoms with van der Waals surface area (Å²) in [5.74, 6) is -1.06. The molecule has 0 aliphatic heterocycles. The zero-order valence-corrected chi connectivity index (χ0v) is 9.17. The molecule has 0 N–H and O–H groups in total. The maximum absolute atomic E-state index is 11.1. The quantitative estimate of drug-likeness (QED) is 0.496. The van der Waals surface area contributed by atoms with Gasteiger partial charge in [0.25, 0.3) is 0 Å². The minimum absolute atomic E-state index is 0.120. The number of rotatable bonds is 6. The van der Waals surface area contributed by atoms with Gasteiger partial charge in [-0.2, -0.15) is 0 Å². The second kappa shape index (κ2) is 6.81. The number of carbonyl (C=O) groups is 2. The van der Waals surface area contributed by atoms with Crippen LogP contribution in [0.4, 0.5) is 0 Å². The van der Waals surface area contributed by atoms with Crippen molar-refractivity contribution in [2.75, 3.05) is 13.2 Å². The molecule has 0 saturated carbocycles. The van der Waals surface area contributed by atoms with E-state index in [2.05, 4.69) is 17.9 Å². The standard InChI is InChI=1S/C11H16O4/c1-5-8(3)10(12)15-7-9(4)11(13)14-6-2/h3-7H2,1-2H3. The molecule has 0 aromatic carbocycles. The summed E-state index contributed by atoms with van der Waals surface area (Å²) < 4.78 is 9.46. The van der Waals surface area contributed by atoms with Gasteiger partial charge in [0.1, 0.15) is 6.61 Å². The molecule has 0 spiro atoms. The topological polar surface area (TPSA) is 52.6 Å². The van der Waals surface area contributed by atoms with E-state index in [1.807, 2.05) is 0 Å². The third kappa shape index (κ3) is 5.00. The van der Waals surface area contributed by atoms with E-state index in [0.29, 0.717) is 12.0 Å². The summed E-state index contributed by atoms with van der Waals surface area (Å²) in [4.78, 5) is 22.2. The number of hydrogen-bond donors (Lipinski definition) is 0. The van der Waals surface area contributed by atoms with E-state index >= 15 is 0 Å². The highest BCUT2D eigenvalue weighted by molar-refractivity contribution is 5.90. The van der Waals surface area contributed by atoms with Crippen LogP contribution in [0.15, 0.2) is 24.3 Å². The molecule has 0 bridgehead atoms. The molecule has 4 nitrogen and oxygen atoms in total. The Hall–Kier alpha value is -1.58. The van der Waals surface area contributed by atoms with E-state index in [4.69, 9.17) is 4.74 Å². The van der Waals surface area contributed by atoms with Crippen molar-refractivity contribution in [1.82, 2.24) is 0 Å². The molecule has 0 aromatic rings. The first-order valence-electron chi connectivity index (χ1n) is 4.72. The second-order valence-corrected chi connectivity index (χ2v) is 2.86. The lowest BCUT2D eigenvalue weighted by Gasteiger charge is -2.07. The van der Waals surface area contributed by atoms with Crippen molar-refractivity contribution in [3.63, 3.8) is 0 Å². The maximum Gasteiger partial charge on any atom is 0.336 e. The molecule has 0 rings (SSSR count). The number of ether oxygens (including phenoxy) is 2. The van der Waals surface area contributed by atoms with Gasteiger partial charge in [0.2, 0.25) is 0 Å². The van der Waals surface area contributed by atoms with Crippen molar-refractivity contribution in [2.24, 2.45) is 0 Å². The highest BCUT2D eigenvalue weighted by Crippen LogP contribution is 2.02. The summed E-state index contributed by atoms with van der Waals surface area (Å²) in [5, 5.41) is 0. The Morgan fingerprint density at radius 2 is 1.53 bits per heavy atom. The Kier molecular flexibility index (Phi) is 6.09. The zero-order valence-electron chi connectivity index (χ0n) is 9.17. The third-order valence-electron chi connectivity index (χ3n) is 1.66. The molecule has 0 aromatic heterocycles. The first kappa shape index (κ1) is 13.4. The highest BCUT2D eigenvalue weighted by atomic mass is 16.5. The van der Waals surface area contributed by atoms with Gasteiger partial charge in [-0.15, -0.1) is 0 Å². The van der Waals surface area contributed by atoms with Gasteiger partial charge >= 0.3 is 11.9 Å². The van der Waals surface area contributed by atoms with Gasteiger partial charge in [-0.1, -0.05) is 20.1 Å². The summed E-state index contributed by atoms with van der Waals surface area (Å²) >= 11 is 0. The van der Waals surface area contributed by atoms with Crippen LogP contribution < -0.4 is 0 Å². The normalized spacial score (nSPS) is 9.20. The van der Waals surface area contributed by atoms with Gasteiger partial charge in [-0.25, -0.2) is 9.59 Å². The first-order valence-corrected chi connectivity index (χ1v) is 4.72. The average Bonchev–Trinajstić information content (AvgIpc) is 2.24. The molecule has 0 amide bonds. The minimum Gasteiger partial charge on any atom is -0.463 e. The van der Waals surface area contributed by atoms with Crippen LogP contribution in [0.25, 0.3) is 0 Å². The van der Waals surface area contributed by atoms with Crippen LogP contribution >= 0.6 is 0 Å². The Balaban J connectivity index is 3.96. The van der Waals surface area contributed by atoms with Crippen LogP contribution in [-0.2, 0) is 19.1 Å². The van der Waals surface area contributed by atoms with E-state index in [9.17, 15) is 9.59 Å². The molecule has 0 aliphatic carbocycles. The predicted molar refractivity (Wildman–Crippen MR) is 56.2 cm³/mol. The zero-order chi connectivity index (χ0) is 11.8. The van der Waals surface area contributed by atoms with Crippen LogP contribution in [0.2, 0.25) is 0 Å². The lowest BCUT2D eigenvalue weighted by molar-refractivity contribution is -0.141. The fourth-order valence-electron chi connectivity index (χ4n) is 0.691. The lowest BCUT2D eigenvalue weighted by Crippen LogP contribution is -2.15. The predicted octanol–water partition coefficient (Wildman–Crippen LogP) is 1.62. The van der Waals surface area contributed by atoms with Crippen molar-refractivity contribution < 1.29 is 19.1 Å². The molecule has 0 atom stereocenters. The van der Waals surface area contributed by atoms with Crippen LogP contribution in [0.1, 0.15) is 20.3 Å². The van der Waals surface area contributed by atoms with Crippen molar-refractivity contribution in [3.8, 4) is 0 Å². The number of hydrogen-bond acceptors (Lipinski definition) is 4. The monoisotopic (exact) mass is 212 g/mol. The van der Waals surface area contributed by atoms with Crippen LogP contribution in [0.3, 0.4) is 0 Å². The molecule has 0 aliphatic rings. The van der Waals surface area contributed by atoms with Crippen LogP contribution in [-0.4, -0.2) is 25.2 Å². The fraction of sp³-hybridized carbons (Fsp3) is 0.455. The first-order chi connectivity index (χ1) is 7.02. The summed E-state index contributed by atoms with van der Waals surface area (Å²) in [5.41, 5.74) is 0.487. The van der Waals surface area contributed by atoms with E-state index in [-0.39, 0.29) is 18.8 Å². The molecule has 0 heterocycles. The summed E-state index contributed by atoms with van der Waals surface area (Å²) in [6, 6.07) is 0. The Morgan fingerprint density at radius 1 is 1.00 bits per heavy atom. The summed E-state index contributed by atoms with van der Waals surface area (Å²) in [6.45, 7) is 10.6. The Bertz CT molecular complexity index is 278. The molecule has 0 radical (unpaired) electrons. The second-order valence-electron chi connectivity index (χ2n) is 2.86. The number of esters is 2. The fourth-order valence-corrected chi connectivity index (χ4v) is 0.691. The Morgan fingerprint density at radius 3 is 2.00 bits per heavy atom. The molecule has 0 saturated heterocycles. The van der Waals surface area contributed by atoms with Gasteiger partial charge in [0.15, 0.2) is 0 Å². The minimum atomic E-state index is -0.549. The molecule has 0 unspecified atom stereocenters. The third-order valence-corrected chi connectivity index (χ3v) is 1.66. The van der Waals surface area contributed by atoms with Crippen LogP contribution in [0.5, 0.6) is 0 Å². The van der Waals surface area contributed by atoms with E-state index in [1.165, 1.54) is 0 Å². The van der Waals surface area contributed by atoms with Gasteiger partial charge < -0.3 is 9.47 Å². The summed E-state index contributed by atoms with van der Waals surface area (Å²) in [7, 11) is 0. The molecule has 15 heavy (non-hydrogen) atoms. The average molecular weight is 212 g/mol. The van der Waals surface area contributed by atoms with Gasteiger partial charge in [-0.3, -0.25) is 0 Å². The SMILES string of the molecule is C=C(CC)C(=O)OCC(=C)C(=O)OCC. The van der Waals surface area contributed by atoms with E-state index in [0.717, 1.165) is 0 Å². The van der Waals surface area contributed by atoms with Gasteiger partial charge in [0, 0.05) is 5.57 Å². The molecular weight excluding hydrogens is 196 g/mol. The van der Waals surface area contributed by atoms with Gasteiger partial charge in [-0.05, 0) is 13.3 Å². The maximum atomic E-state index is 11.1. The Labute approximate surface area is 89.6 Å².